The van der Waals surface area contributed by atoms with Crippen molar-refractivity contribution in [1.82, 2.24) is 0 Å². The zero-order valence-electron chi connectivity index (χ0n) is 10.9. The molecule has 96 valence electrons. The van der Waals surface area contributed by atoms with E-state index in [0.717, 1.165) is 12.8 Å². The molecule has 4 heteroatoms. The van der Waals surface area contributed by atoms with Gasteiger partial charge >= 0.3 is 5.97 Å². The van der Waals surface area contributed by atoms with Crippen molar-refractivity contribution in [2.45, 2.75) is 58.7 Å². The van der Waals surface area contributed by atoms with Gasteiger partial charge in [-0.2, -0.15) is 0 Å². The van der Waals surface area contributed by atoms with E-state index in [1.165, 1.54) is 0 Å². The van der Waals surface area contributed by atoms with Gasteiger partial charge in [0.05, 0.1) is 12.2 Å². The van der Waals surface area contributed by atoms with Crippen LogP contribution < -0.4 is 5.73 Å². The Morgan fingerprint density at radius 3 is 2.38 bits per heavy atom. The maximum Gasteiger partial charge on any atom is 0.335 e. The van der Waals surface area contributed by atoms with E-state index in [0.29, 0.717) is 19.6 Å². The summed E-state index contributed by atoms with van der Waals surface area (Å²) < 4.78 is 10.8. The molecule has 0 aliphatic rings. The van der Waals surface area contributed by atoms with E-state index in [4.69, 9.17) is 15.2 Å². The predicted molar refractivity (Wildman–Crippen MR) is 64.2 cm³/mol. The third-order valence-corrected chi connectivity index (χ3v) is 2.71. The monoisotopic (exact) mass is 231 g/mol. The van der Waals surface area contributed by atoms with Crippen molar-refractivity contribution in [3.8, 4) is 0 Å². The Morgan fingerprint density at radius 2 is 2.00 bits per heavy atom. The van der Waals surface area contributed by atoms with Crippen LogP contribution in [-0.4, -0.2) is 30.8 Å². The molecule has 0 radical (unpaired) electrons. The second-order valence-electron chi connectivity index (χ2n) is 4.15. The van der Waals surface area contributed by atoms with Crippen LogP contribution in [0.15, 0.2) is 0 Å². The lowest BCUT2D eigenvalue weighted by Crippen LogP contribution is -2.43. The molecule has 0 rings (SSSR count). The average molecular weight is 231 g/mol. The van der Waals surface area contributed by atoms with Crippen LogP contribution in [0.25, 0.3) is 0 Å². The minimum Gasteiger partial charge on any atom is -0.464 e. The van der Waals surface area contributed by atoms with Crippen LogP contribution in [0, 0.1) is 0 Å². The van der Waals surface area contributed by atoms with Crippen molar-refractivity contribution in [2.24, 2.45) is 5.73 Å². The van der Waals surface area contributed by atoms with Gasteiger partial charge in [0.2, 0.25) is 0 Å². The number of esters is 1. The van der Waals surface area contributed by atoms with Crippen LogP contribution >= 0.6 is 0 Å². The fourth-order valence-electron chi connectivity index (χ4n) is 1.34. The summed E-state index contributed by atoms with van der Waals surface area (Å²) in [7, 11) is 0. The highest BCUT2D eigenvalue weighted by Crippen LogP contribution is 2.19. The summed E-state index contributed by atoms with van der Waals surface area (Å²) in [5, 5.41) is 0. The summed E-state index contributed by atoms with van der Waals surface area (Å²) in [6.45, 7) is 8.52. The summed E-state index contributed by atoms with van der Waals surface area (Å²) in [6.07, 6.45) is 1.85. The number of carbonyl (C=O) groups is 1. The molecular weight excluding hydrogens is 206 g/mol. The Balaban J connectivity index is 4.47. The van der Waals surface area contributed by atoms with E-state index in [-0.39, 0.29) is 5.97 Å². The molecule has 0 fully saturated rings. The Labute approximate surface area is 98.5 Å². The highest BCUT2D eigenvalue weighted by atomic mass is 16.6. The Bertz CT molecular complexity index is 202. The maximum absolute atomic E-state index is 11.7. The van der Waals surface area contributed by atoms with E-state index in [9.17, 15) is 4.79 Å². The van der Waals surface area contributed by atoms with E-state index in [2.05, 4.69) is 0 Å². The summed E-state index contributed by atoms with van der Waals surface area (Å²) in [6, 6.07) is 0. The van der Waals surface area contributed by atoms with Gasteiger partial charge < -0.3 is 15.2 Å². The molecule has 2 atom stereocenters. The van der Waals surface area contributed by atoms with Gasteiger partial charge in [0, 0.05) is 6.54 Å². The molecule has 0 aromatic heterocycles. The third kappa shape index (κ3) is 4.94. The number of carbonyl (C=O) groups excluding carboxylic acids is 1. The quantitative estimate of drug-likeness (QED) is 0.648. The lowest BCUT2D eigenvalue weighted by Gasteiger charge is -2.31. The molecule has 0 aliphatic carbocycles. The van der Waals surface area contributed by atoms with Gasteiger partial charge in [0.15, 0.2) is 6.10 Å². The number of hydrogen-bond acceptors (Lipinski definition) is 4. The molecular formula is C12H25NO3. The molecule has 0 aliphatic heterocycles. The first-order valence-corrected chi connectivity index (χ1v) is 6.07. The molecule has 0 aromatic rings. The van der Waals surface area contributed by atoms with Crippen LogP contribution in [0.4, 0.5) is 0 Å². The second kappa shape index (κ2) is 7.63. The first-order chi connectivity index (χ1) is 7.52. The number of hydrogen-bond donors (Lipinski definition) is 1. The molecule has 0 spiro atoms. The van der Waals surface area contributed by atoms with Crippen molar-refractivity contribution in [2.75, 3.05) is 13.2 Å². The molecule has 0 bridgehead atoms. The number of rotatable bonds is 8. The predicted octanol–water partition coefficient (Wildman–Crippen LogP) is 1.86. The van der Waals surface area contributed by atoms with Crippen LogP contribution in [-0.2, 0) is 14.3 Å². The SMILES string of the molecule is CCCC(OC(C)(CC)CN)C(=O)OCC. The van der Waals surface area contributed by atoms with E-state index in [1.807, 2.05) is 20.8 Å². The molecule has 0 amide bonds. The third-order valence-electron chi connectivity index (χ3n) is 2.71. The molecule has 0 aromatic carbocycles. The number of ether oxygens (including phenoxy) is 2. The van der Waals surface area contributed by atoms with E-state index < -0.39 is 11.7 Å². The topological polar surface area (TPSA) is 61.5 Å². The Kier molecular flexibility index (Phi) is 7.34. The van der Waals surface area contributed by atoms with Gasteiger partial charge in [0.1, 0.15) is 0 Å². The molecule has 0 saturated carbocycles. The Morgan fingerprint density at radius 1 is 1.38 bits per heavy atom. The molecule has 2 unspecified atom stereocenters. The van der Waals surface area contributed by atoms with Crippen molar-refractivity contribution in [1.29, 1.82) is 0 Å². The first kappa shape index (κ1) is 15.4. The van der Waals surface area contributed by atoms with E-state index >= 15 is 0 Å². The van der Waals surface area contributed by atoms with Gasteiger partial charge in [-0.25, -0.2) is 4.79 Å². The Hall–Kier alpha value is -0.610. The minimum atomic E-state index is -0.488. The van der Waals surface area contributed by atoms with Crippen LogP contribution in [0.3, 0.4) is 0 Å². The standard InChI is InChI=1S/C12H25NO3/c1-5-8-10(11(14)15-7-3)16-12(4,6-2)9-13/h10H,5-9,13H2,1-4H3. The van der Waals surface area contributed by atoms with Crippen molar-refractivity contribution >= 4 is 5.97 Å². The highest BCUT2D eigenvalue weighted by molar-refractivity contribution is 5.74. The molecule has 16 heavy (non-hydrogen) atoms. The lowest BCUT2D eigenvalue weighted by atomic mass is 10.0. The summed E-state index contributed by atoms with van der Waals surface area (Å²) >= 11 is 0. The lowest BCUT2D eigenvalue weighted by molar-refractivity contribution is -0.169. The zero-order chi connectivity index (χ0) is 12.6. The minimum absolute atomic E-state index is 0.280. The van der Waals surface area contributed by atoms with Gasteiger partial charge in [0.25, 0.3) is 0 Å². The van der Waals surface area contributed by atoms with Crippen LogP contribution in [0.2, 0.25) is 0 Å². The molecule has 2 N–H and O–H groups in total. The van der Waals surface area contributed by atoms with Crippen molar-refractivity contribution in [3.05, 3.63) is 0 Å². The summed E-state index contributed by atoms with van der Waals surface area (Å²) in [5.41, 5.74) is 5.22. The van der Waals surface area contributed by atoms with Gasteiger partial charge in [-0.05, 0) is 26.7 Å². The fourth-order valence-corrected chi connectivity index (χ4v) is 1.34. The zero-order valence-corrected chi connectivity index (χ0v) is 10.9. The summed E-state index contributed by atoms with van der Waals surface area (Å²) in [5.74, 6) is -0.280. The number of nitrogens with two attached hydrogens (primary N) is 1. The molecule has 0 heterocycles. The molecule has 4 nitrogen and oxygen atoms in total. The highest BCUT2D eigenvalue weighted by Gasteiger charge is 2.30. The van der Waals surface area contributed by atoms with E-state index in [1.54, 1.807) is 6.92 Å². The largest absolute Gasteiger partial charge is 0.464 e. The maximum atomic E-state index is 11.7. The first-order valence-electron chi connectivity index (χ1n) is 6.07. The van der Waals surface area contributed by atoms with Crippen molar-refractivity contribution < 1.29 is 14.3 Å². The van der Waals surface area contributed by atoms with Gasteiger partial charge in [-0.3, -0.25) is 0 Å². The fraction of sp³-hybridized carbons (Fsp3) is 0.917. The summed E-state index contributed by atoms with van der Waals surface area (Å²) in [4.78, 5) is 11.7. The molecule has 0 saturated heterocycles. The van der Waals surface area contributed by atoms with Gasteiger partial charge in [-0.15, -0.1) is 0 Å². The smallest absolute Gasteiger partial charge is 0.335 e. The van der Waals surface area contributed by atoms with Crippen LogP contribution in [0.1, 0.15) is 47.0 Å². The average Bonchev–Trinajstić information content (AvgIpc) is 2.28. The normalized spacial score (nSPS) is 16.6. The van der Waals surface area contributed by atoms with Crippen LogP contribution in [0.5, 0.6) is 0 Å². The second-order valence-corrected chi connectivity index (χ2v) is 4.15. The van der Waals surface area contributed by atoms with Crippen molar-refractivity contribution in [3.63, 3.8) is 0 Å². The van der Waals surface area contributed by atoms with Gasteiger partial charge in [-0.1, -0.05) is 20.3 Å².